The fourth-order valence-corrected chi connectivity index (χ4v) is 2.60. The Bertz CT molecular complexity index is 1170. The van der Waals surface area contributed by atoms with Gasteiger partial charge in [-0.15, -0.1) is 5.10 Å². The van der Waals surface area contributed by atoms with E-state index in [1.54, 1.807) is 0 Å². The molecule has 10 heteroatoms. The zero-order valence-corrected chi connectivity index (χ0v) is 13.3. The van der Waals surface area contributed by atoms with E-state index in [9.17, 15) is 14.9 Å². The summed E-state index contributed by atoms with van der Waals surface area (Å²) in [7, 11) is 0. The van der Waals surface area contributed by atoms with Gasteiger partial charge in [0.2, 0.25) is 0 Å². The maximum absolute atomic E-state index is 12.7. The largest absolute Gasteiger partial charge is 0.291 e. The number of rotatable bonds is 4. The Hall–Kier alpha value is -3.95. The summed E-state index contributed by atoms with van der Waals surface area (Å²) in [5, 5.41) is 22.7. The molecule has 2 heterocycles. The van der Waals surface area contributed by atoms with Crippen molar-refractivity contribution in [3.8, 4) is 5.69 Å². The third kappa shape index (κ3) is 2.69. The highest BCUT2D eigenvalue weighted by Gasteiger charge is 2.14. The molecule has 0 saturated carbocycles. The lowest BCUT2D eigenvalue weighted by atomic mass is 10.2. The molecule has 0 aliphatic rings. The maximum atomic E-state index is 12.7. The van der Waals surface area contributed by atoms with Crippen molar-refractivity contribution in [2.75, 3.05) is 0 Å². The number of nitro groups is 1. The van der Waals surface area contributed by atoms with E-state index < -0.39 is 10.5 Å². The molecule has 0 bridgehead atoms. The smallest absolute Gasteiger partial charge is 0.270 e. The number of para-hydroxylation sites is 1. The Morgan fingerprint density at radius 3 is 2.69 bits per heavy atom. The summed E-state index contributed by atoms with van der Waals surface area (Å²) in [6, 6.07) is 13.2. The van der Waals surface area contributed by atoms with E-state index in [4.69, 9.17) is 0 Å². The Morgan fingerprint density at radius 2 is 1.92 bits per heavy atom. The third-order valence-corrected chi connectivity index (χ3v) is 3.87. The van der Waals surface area contributed by atoms with Gasteiger partial charge in [-0.25, -0.2) is 4.98 Å². The van der Waals surface area contributed by atoms with E-state index in [2.05, 4.69) is 20.5 Å². The molecule has 0 fully saturated rings. The van der Waals surface area contributed by atoms with Gasteiger partial charge in [0.1, 0.15) is 0 Å². The molecular formula is C16H11N7O3. The zero-order valence-electron chi connectivity index (χ0n) is 13.3. The Morgan fingerprint density at radius 1 is 1.12 bits per heavy atom. The van der Waals surface area contributed by atoms with Crippen LogP contribution < -0.4 is 5.56 Å². The molecular weight excluding hydrogens is 338 g/mol. The fourth-order valence-electron chi connectivity index (χ4n) is 2.60. The van der Waals surface area contributed by atoms with Gasteiger partial charge < -0.3 is 0 Å². The molecule has 0 N–H and O–H groups in total. The molecule has 26 heavy (non-hydrogen) atoms. The number of benzene rings is 2. The maximum Gasteiger partial charge on any atom is 0.270 e. The van der Waals surface area contributed by atoms with Crippen LogP contribution in [-0.4, -0.2) is 34.7 Å². The molecule has 0 unspecified atom stereocenters. The highest BCUT2D eigenvalue weighted by Crippen LogP contribution is 2.16. The van der Waals surface area contributed by atoms with Crippen LogP contribution in [0.3, 0.4) is 0 Å². The van der Waals surface area contributed by atoms with Gasteiger partial charge in [-0.1, -0.05) is 18.2 Å². The van der Waals surface area contributed by atoms with Gasteiger partial charge in [0.25, 0.3) is 11.2 Å². The summed E-state index contributed by atoms with van der Waals surface area (Å²) in [6.07, 6.45) is 1.38. The number of tetrazole rings is 1. The third-order valence-electron chi connectivity index (χ3n) is 3.87. The fraction of sp³-hybridized carbons (Fsp3) is 0.0625. The summed E-state index contributed by atoms with van der Waals surface area (Å²) in [6.45, 7) is 0.0758. The Balaban J connectivity index is 1.77. The van der Waals surface area contributed by atoms with Gasteiger partial charge >= 0.3 is 0 Å². The SMILES string of the molecule is O=c1c2cc([N+](=O)[O-])ccc2ncn1Cc1nnnn1-c1ccccc1. The molecule has 128 valence electrons. The van der Waals surface area contributed by atoms with Crippen molar-refractivity contribution in [1.82, 2.24) is 29.8 Å². The first-order valence-corrected chi connectivity index (χ1v) is 7.60. The van der Waals surface area contributed by atoms with Crippen LogP contribution >= 0.6 is 0 Å². The van der Waals surface area contributed by atoms with E-state index in [-0.39, 0.29) is 17.6 Å². The monoisotopic (exact) mass is 349 g/mol. The van der Waals surface area contributed by atoms with E-state index in [1.807, 2.05) is 30.3 Å². The molecule has 4 rings (SSSR count). The zero-order chi connectivity index (χ0) is 18.1. The quantitative estimate of drug-likeness (QED) is 0.402. The summed E-state index contributed by atoms with van der Waals surface area (Å²) in [5.74, 6) is 0.435. The van der Waals surface area contributed by atoms with Crippen molar-refractivity contribution in [3.63, 3.8) is 0 Å². The molecule has 0 atom stereocenters. The second kappa shape index (κ2) is 6.16. The first-order valence-electron chi connectivity index (χ1n) is 7.60. The van der Waals surface area contributed by atoms with E-state index in [0.717, 1.165) is 5.69 Å². The topological polar surface area (TPSA) is 122 Å². The lowest BCUT2D eigenvalue weighted by molar-refractivity contribution is -0.384. The van der Waals surface area contributed by atoms with Crippen molar-refractivity contribution >= 4 is 16.6 Å². The molecule has 10 nitrogen and oxygen atoms in total. The van der Waals surface area contributed by atoms with Gasteiger partial charge in [0.15, 0.2) is 5.82 Å². The summed E-state index contributed by atoms with van der Waals surface area (Å²) in [5.41, 5.74) is 0.578. The summed E-state index contributed by atoms with van der Waals surface area (Å²) in [4.78, 5) is 27.3. The van der Waals surface area contributed by atoms with Crippen LogP contribution in [0.5, 0.6) is 0 Å². The molecule has 0 radical (unpaired) electrons. The minimum absolute atomic E-state index is 0.0758. The lowest BCUT2D eigenvalue weighted by Gasteiger charge is -2.07. The number of hydrogen-bond donors (Lipinski definition) is 0. The number of nitrogens with zero attached hydrogens (tertiary/aromatic N) is 7. The minimum Gasteiger partial charge on any atom is -0.291 e. The van der Waals surface area contributed by atoms with E-state index in [1.165, 1.54) is 33.8 Å². The van der Waals surface area contributed by atoms with Gasteiger partial charge in [-0.3, -0.25) is 19.5 Å². The normalized spacial score (nSPS) is 10.9. The molecule has 0 aliphatic carbocycles. The van der Waals surface area contributed by atoms with Gasteiger partial charge in [0.05, 0.1) is 34.4 Å². The molecule has 0 aliphatic heterocycles. The number of aromatic nitrogens is 6. The van der Waals surface area contributed by atoms with Crippen LogP contribution in [0.15, 0.2) is 59.7 Å². The number of non-ortho nitro benzene ring substituents is 1. The Kier molecular flexibility index (Phi) is 3.69. The average Bonchev–Trinajstić information content (AvgIpc) is 3.12. The molecule has 2 aromatic heterocycles. The molecule has 2 aromatic carbocycles. The standard InChI is InChI=1S/C16H11N7O3/c24-16-13-8-12(23(25)26)6-7-14(13)17-10-21(16)9-15-18-19-20-22(15)11-4-2-1-3-5-11/h1-8,10H,9H2. The summed E-state index contributed by atoms with van der Waals surface area (Å²) >= 11 is 0. The van der Waals surface area contributed by atoms with Crippen LogP contribution in [0.4, 0.5) is 5.69 Å². The predicted octanol–water partition coefficient (Wildman–Crippen LogP) is 1.33. The lowest BCUT2D eigenvalue weighted by Crippen LogP contribution is -2.23. The second-order valence-electron chi connectivity index (χ2n) is 5.48. The first kappa shape index (κ1) is 15.6. The van der Waals surface area contributed by atoms with Gasteiger partial charge in [0, 0.05) is 12.1 Å². The molecule has 4 aromatic rings. The second-order valence-corrected chi connectivity index (χ2v) is 5.48. The number of hydrogen-bond acceptors (Lipinski definition) is 7. The summed E-state index contributed by atoms with van der Waals surface area (Å²) < 4.78 is 2.83. The molecule has 0 saturated heterocycles. The van der Waals surface area contributed by atoms with Crippen molar-refractivity contribution in [3.05, 3.63) is 81.2 Å². The molecule has 0 spiro atoms. The number of fused-ring (bicyclic) bond motifs is 1. The minimum atomic E-state index is -0.549. The van der Waals surface area contributed by atoms with Crippen molar-refractivity contribution < 1.29 is 4.92 Å². The van der Waals surface area contributed by atoms with Crippen LogP contribution in [-0.2, 0) is 6.54 Å². The Labute approximate surface area is 145 Å². The van der Waals surface area contributed by atoms with Gasteiger partial charge in [-0.05, 0) is 28.6 Å². The predicted molar refractivity (Wildman–Crippen MR) is 90.9 cm³/mol. The average molecular weight is 349 g/mol. The van der Waals surface area contributed by atoms with Crippen LogP contribution in [0.1, 0.15) is 5.82 Å². The van der Waals surface area contributed by atoms with Crippen molar-refractivity contribution in [2.45, 2.75) is 6.54 Å². The van der Waals surface area contributed by atoms with E-state index in [0.29, 0.717) is 11.3 Å². The highest BCUT2D eigenvalue weighted by molar-refractivity contribution is 5.79. The van der Waals surface area contributed by atoms with Gasteiger partial charge in [-0.2, -0.15) is 4.68 Å². The van der Waals surface area contributed by atoms with Crippen LogP contribution in [0, 0.1) is 10.1 Å². The van der Waals surface area contributed by atoms with Crippen molar-refractivity contribution in [1.29, 1.82) is 0 Å². The molecule has 0 amide bonds. The van der Waals surface area contributed by atoms with Crippen LogP contribution in [0.2, 0.25) is 0 Å². The first-order chi connectivity index (χ1) is 12.6. The highest BCUT2D eigenvalue weighted by atomic mass is 16.6. The van der Waals surface area contributed by atoms with Crippen molar-refractivity contribution in [2.24, 2.45) is 0 Å². The number of nitro benzene ring substituents is 1. The van der Waals surface area contributed by atoms with E-state index >= 15 is 0 Å². The van der Waals surface area contributed by atoms with Crippen LogP contribution in [0.25, 0.3) is 16.6 Å².